The first-order valence-electron chi connectivity index (χ1n) is 33.6. The van der Waals surface area contributed by atoms with E-state index >= 15 is 0 Å². The predicted octanol–water partition coefficient (Wildman–Crippen LogP) is 17.1. The van der Waals surface area contributed by atoms with Gasteiger partial charge in [0.15, 0.2) is 45.6 Å². The molecular formula is C76H69Cl4F4N13O11. The van der Waals surface area contributed by atoms with Crippen LogP contribution in [0, 0.1) is 23.3 Å². The van der Waals surface area contributed by atoms with Gasteiger partial charge >= 0.3 is 0 Å². The van der Waals surface area contributed by atoms with Crippen LogP contribution in [0.3, 0.4) is 0 Å². The summed E-state index contributed by atoms with van der Waals surface area (Å²) < 4.78 is 98.2. The minimum atomic E-state index is -0.396. The van der Waals surface area contributed by atoms with Crippen LogP contribution in [0.1, 0.15) is 48.9 Å². The fraction of sp³-hybridized carbons (Fsp3) is 0.224. The standard InChI is InChI=1S/C20H19ClFN3O3.C20H21ClFN3O3.C18H12ClFN4O2.C18H17ClFN3O3/c21-15-7-6-14(22)10-13(15)12-27-16-4-3-5-17-19(16)20(24-28-17)23-18(26)11-25-8-1-2-9-25;1-3-25(4-2)11-18(26)23-20-19-16(6-5-7-17(19)28-24-20)27-12-13-10-14(22)8-9-15(13)21;19-14-5-4-12(20)6-11(14)9-25-15-2-1-3-16-17(15)18(24-26-16)23-13-7-21-10-22-8-13;1-23(2)9-16(24)21-18-17-14(4-3-5-15(17)26-22-18)25-10-11-8-12(20)6-7-13(11)19/h3-7,10H,1-2,8-9,11-12H2,(H,23,24,26);5-10H,3-4,11-12H2,1-2H3,(H,23,24,26);1-8,10H,9H2,(H,23,24);3-8H,9-10H2,1-2H3,(H,21,22,24). The van der Waals surface area contributed by atoms with Crippen molar-refractivity contribution >= 4 is 137 Å². The van der Waals surface area contributed by atoms with Crippen LogP contribution in [0.5, 0.6) is 23.0 Å². The number of benzene rings is 8. The second-order valence-electron chi connectivity index (χ2n) is 24.3. The molecule has 108 heavy (non-hydrogen) atoms. The van der Waals surface area contributed by atoms with Gasteiger partial charge < -0.3 is 63.2 Å². The second kappa shape index (κ2) is 37.4. The molecule has 24 nitrogen and oxygen atoms in total. The summed E-state index contributed by atoms with van der Waals surface area (Å²) in [7, 11) is 3.58. The van der Waals surface area contributed by atoms with Gasteiger partial charge in [-0.25, -0.2) is 27.5 Å². The minimum Gasteiger partial charge on any atom is -0.488 e. The molecule has 6 heterocycles. The van der Waals surface area contributed by atoms with Gasteiger partial charge in [0.1, 0.15) is 101 Å². The Morgan fingerprint density at radius 3 is 1.12 bits per heavy atom. The molecule has 8 aromatic carbocycles. The Hall–Kier alpha value is -11.1. The van der Waals surface area contributed by atoms with Crippen LogP contribution in [-0.2, 0) is 40.8 Å². The lowest BCUT2D eigenvalue weighted by molar-refractivity contribution is -0.118. The monoisotopic (exact) mass is 1560 g/mol. The minimum absolute atomic E-state index is 0.0615. The fourth-order valence-corrected chi connectivity index (χ4v) is 11.7. The van der Waals surface area contributed by atoms with Crippen molar-refractivity contribution in [2.45, 2.75) is 53.1 Å². The van der Waals surface area contributed by atoms with E-state index in [0.29, 0.717) is 133 Å². The predicted molar refractivity (Wildman–Crippen MR) is 402 cm³/mol. The van der Waals surface area contributed by atoms with Gasteiger partial charge in [-0.3, -0.25) is 24.2 Å². The highest BCUT2D eigenvalue weighted by atomic mass is 35.5. The number of amides is 3. The van der Waals surface area contributed by atoms with Crippen molar-refractivity contribution in [1.29, 1.82) is 0 Å². The summed E-state index contributed by atoms with van der Waals surface area (Å²) >= 11 is 24.4. The molecule has 560 valence electrons. The number of anilines is 5. The lowest BCUT2D eigenvalue weighted by Crippen LogP contribution is -2.33. The summed E-state index contributed by atoms with van der Waals surface area (Å²) in [5.74, 6) is 1.11. The molecule has 13 aromatic rings. The number of aromatic nitrogens is 6. The fourth-order valence-electron chi connectivity index (χ4n) is 11.0. The van der Waals surface area contributed by atoms with Crippen molar-refractivity contribution in [2.24, 2.45) is 0 Å². The van der Waals surface area contributed by atoms with E-state index in [1.165, 1.54) is 79.1 Å². The maximum atomic E-state index is 13.5. The number of hydrogen-bond donors (Lipinski definition) is 4. The zero-order chi connectivity index (χ0) is 76.2. The molecule has 1 aliphatic rings. The van der Waals surface area contributed by atoms with Crippen LogP contribution in [0.25, 0.3) is 43.9 Å². The highest BCUT2D eigenvalue weighted by Crippen LogP contribution is 2.38. The Labute approximate surface area is 635 Å². The van der Waals surface area contributed by atoms with E-state index in [2.05, 4.69) is 56.8 Å². The van der Waals surface area contributed by atoms with Crippen molar-refractivity contribution in [3.05, 3.63) is 230 Å². The molecule has 0 aliphatic carbocycles. The van der Waals surface area contributed by atoms with Gasteiger partial charge in [-0.2, -0.15) is 0 Å². The molecule has 0 bridgehead atoms. The van der Waals surface area contributed by atoms with Gasteiger partial charge in [0.25, 0.3) is 0 Å². The van der Waals surface area contributed by atoms with Gasteiger partial charge in [-0.05, 0) is 174 Å². The molecule has 0 saturated carbocycles. The summed E-state index contributed by atoms with van der Waals surface area (Å²) in [6.07, 6.45) is 6.89. The average Bonchev–Trinajstić information content (AvgIpc) is 1.66. The molecule has 3 amide bonds. The van der Waals surface area contributed by atoms with E-state index in [-0.39, 0.29) is 80.5 Å². The number of nitrogens with one attached hydrogen (secondary N) is 4. The van der Waals surface area contributed by atoms with Gasteiger partial charge in [0.05, 0.1) is 37.7 Å². The lowest BCUT2D eigenvalue weighted by Gasteiger charge is -2.16. The zero-order valence-electron chi connectivity index (χ0n) is 58.3. The summed E-state index contributed by atoms with van der Waals surface area (Å²) in [6, 6.07) is 37.4. The molecule has 0 unspecified atom stereocenters. The maximum absolute atomic E-state index is 13.5. The first-order chi connectivity index (χ1) is 52.2. The van der Waals surface area contributed by atoms with Gasteiger partial charge in [0, 0.05) is 42.3 Å². The molecule has 1 fully saturated rings. The van der Waals surface area contributed by atoms with Gasteiger partial charge in [0.2, 0.25) is 17.7 Å². The van der Waals surface area contributed by atoms with Gasteiger partial charge in [-0.1, -0.05) is 105 Å². The number of ether oxygens (including phenoxy) is 4. The van der Waals surface area contributed by atoms with Crippen molar-refractivity contribution < 1.29 is 69.0 Å². The normalized spacial score (nSPS) is 11.9. The third-order valence-electron chi connectivity index (χ3n) is 16.3. The van der Waals surface area contributed by atoms with E-state index in [4.69, 9.17) is 83.4 Å². The van der Waals surface area contributed by atoms with E-state index in [1.807, 2.05) is 18.7 Å². The van der Waals surface area contributed by atoms with Crippen LogP contribution < -0.4 is 40.2 Å². The van der Waals surface area contributed by atoms with E-state index in [9.17, 15) is 31.9 Å². The first-order valence-corrected chi connectivity index (χ1v) is 35.1. The molecule has 1 saturated heterocycles. The molecule has 0 radical (unpaired) electrons. The largest absolute Gasteiger partial charge is 0.488 e. The van der Waals surface area contributed by atoms with Crippen LogP contribution in [-0.4, -0.2) is 123 Å². The topological polar surface area (TPSA) is 276 Å². The van der Waals surface area contributed by atoms with E-state index < -0.39 is 11.6 Å². The summed E-state index contributed by atoms with van der Waals surface area (Å²) in [5, 5.41) is 31.2. The quantitative estimate of drug-likeness (QED) is 0.0387. The van der Waals surface area contributed by atoms with E-state index in [1.54, 1.807) is 104 Å². The summed E-state index contributed by atoms with van der Waals surface area (Å²) in [5.41, 5.74) is 4.73. The number of fused-ring (bicyclic) bond motifs is 4. The number of likely N-dealkylation sites (tertiary alicyclic amines) is 1. The highest BCUT2D eigenvalue weighted by Gasteiger charge is 2.23. The van der Waals surface area contributed by atoms with Crippen molar-refractivity contribution in [1.82, 2.24) is 45.3 Å². The third kappa shape index (κ3) is 20.9. The number of rotatable bonds is 25. The summed E-state index contributed by atoms with van der Waals surface area (Å²) in [4.78, 5) is 50.4. The number of hydrogen-bond acceptors (Lipinski definition) is 21. The van der Waals surface area contributed by atoms with Crippen LogP contribution in [0.2, 0.25) is 20.1 Å². The number of carbonyl (C=O) groups excluding carboxylic acids is 3. The Kier molecular flexibility index (Phi) is 27.0. The average molecular weight is 1560 g/mol. The number of nitrogens with zero attached hydrogens (tertiary/aromatic N) is 9. The number of halogens is 8. The molecule has 5 aromatic heterocycles. The highest BCUT2D eigenvalue weighted by molar-refractivity contribution is 6.32. The molecule has 32 heteroatoms. The molecule has 0 atom stereocenters. The molecule has 1 aliphatic heterocycles. The Morgan fingerprint density at radius 1 is 0.454 bits per heavy atom. The van der Waals surface area contributed by atoms with E-state index in [0.717, 1.165) is 39.0 Å². The number of carbonyl (C=O) groups is 3. The Morgan fingerprint density at radius 2 is 0.778 bits per heavy atom. The third-order valence-corrected chi connectivity index (χ3v) is 17.8. The molecule has 0 spiro atoms. The number of likely N-dealkylation sites (N-methyl/N-ethyl adjacent to an activating group) is 2. The molecular weight excluding hydrogens is 1490 g/mol. The van der Waals surface area contributed by atoms with Crippen molar-refractivity contribution in [3.63, 3.8) is 0 Å². The Bertz CT molecular complexity index is 5110. The van der Waals surface area contributed by atoms with Crippen molar-refractivity contribution in [2.75, 3.05) is 81.2 Å². The lowest BCUT2D eigenvalue weighted by atomic mass is 10.2. The van der Waals surface area contributed by atoms with Crippen LogP contribution in [0.4, 0.5) is 46.5 Å². The Balaban J connectivity index is 0.000000143. The summed E-state index contributed by atoms with van der Waals surface area (Å²) in [6.45, 7) is 8.45. The maximum Gasteiger partial charge on any atom is 0.239 e. The van der Waals surface area contributed by atoms with Crippen LogP contribution >= 0.6 is 46.4 Å². The molecule has 14 rings (SSSR count). The zero-order valence-corrected chi connectivity index (χ0v) is 61.3. The molecule has 4 N–H and O–H groups in total. The smallest absolute Gasteiger partial charge is 0.239 e. The van der Waals surface area contributed by atoms with Gasteiger partial charge in [-0.15, -0.1) is 0 Å². The second-order valence-corrected chi connectivity index (χ2v) is 25.9. The SMILES string of the molecule is CCN(CC)CC(=O)Nc1noc2cccc(OCc3cc(F)ccc3Cl)c12.CN(C)CC(=O)Nc1noc2cccc(OCc3cc(F)ccc3Cl)c12.Fc1ccc(Cl)c(COc2cccc3onc(Nc4cncnc4)c23)c1.O=C(CN1CCCC1)Nc1noc2cccc(OCc3cc(F)ccc3Cl)c12. The first kappa shape index (κ1) is 78.0. The van der Waals surface area contributed by atoms with Crippen molar-refractivity contribution in [3.8, 4) is 23.0 Å². The van der Waals surface area contributed by atoms with Crippen LogP contribution in [0.15, 0.2) is 182 Å².